The largest absolute Gasteiger partial charge is 0.478 e. The Hall–Kier alpha value is -3.14. The van der Waals surface area contributed by atoms with Gasteiger partial charge >= 0.3 is 18.1 Å². The number of ether oxygens (including phenoxy) is 1. The third-order valence-corrected chi connectivity index (χ3v) is 6.02. The van der Waals surface area contributed by atoms with Gasteiger partial charge in [0.25, 0.3) is 0 Å². The lowest BCUT2D eigenvalue weighted by atomic mass is 10.1. The molecule has 4 rings (SSSR count). The Labute approximate surface area is 183 Å². The van der Waals surface area contributed by atoms with Crippen molar-refractivity contribution >= 4 is 34.6 Å². The number of carboxylic acid groups (broad SMARTS) is 1. The van der Waals surface area contributed by atoms with Crippen LogP contribution in [0.25, 0.3) is 11.3 Å². The Kier molecular flexibility index (Phi) is 5.34. The number of carbonyl (C=O) groups excluding carboxylic acids is 2. The summed E-state index contributed by atoms with van der Waals surface area (Å²) in [5, 5.41) is 11.5. The molecule has 3 heterocycles. The fraction of sp³-hybridized carbons (Fsp3) is 0.429. The standard InChI is InChI=1S/C21H24N4O5S/c1-21(2,3)30-20(29)23-8-9-24-15(10-23)11-25(19(24)28)18-22-16(12-31-18)13-4-6-14(7-5-13)17(26)27/h4-7,12,15H,8-11H2,1-3H3,(H,26,27). The monoisotopic (exact) mass is 444 g/mol. The van der Waals surface area contributed by atoms with Crippen LogP contribution in [-0.4, -0.2) is 75.8 Å². The fourth-order valence-electron chi connectivity index (χ4n) is 3.66. The van der Waals surface area contributed by atoms with Crippen molar-refractivity contribution in [2.75, 3.05) is 31.1 Å². The molecule has 0 saturated carbocycles. The first kappa shape index (κ1) is 21.1. The van der Waals surface area contributed by atoms with E-state index in [0.29, 0.717) is 37.0 Å². The van der Waals surface area contributed by atoms with Gasteiger partial charge in [0.15, 0.2) is 5.13 Å². The summed E-state index contributed by atoms with van der Waals surface area (Å²) in [5.74, 6) is -0.981. The molecule has 0 spiro atoms. The first-order valence-corrected chi connectivity index (χ1v) is 10.9. The highest BCUT2D eigenvalue weighted by Gasteiger charge is 2.43. The minimum Gasteiger partial charge on any atom is -0.478 e. The Morgan fingerprint density at radius 1 is 1.16 bits per heavy atom. The van der Waals surface area contributed by atoms with E-state index in [4.69, 9.17) is 9.84 Å². The van der Waals surface area contributed by atoms with Crippen molar-refractivity contribution in [3.8, 4) is 11.3 Å². The molecule has 2 aromatic rings. The highest BCUT2D eigenvalue weighted by molar-refractivity contribution is 7.14. The number of hydrogen-bond donors (Lipinski definition) is 1. The van der Waals surface area contributed by atoms with E-state index < -0.39 is 11.6 Å². The number of benzene rings is 1. The van der Waals surface area contributed by atoms with Crippen molar-refractivity contribution < 1.29 is 24.2 Å². The van der Waals surface area contributed by atoms with Gasteiger partial charge in [0, 0.05) is 30.6 Å². The van der Waals surface area contributed by atoms with Crippen LogP contribution in [0.3, 0.4) is 0 Å². The summed E-state index contributed by atoms with van der Waals surface area (Å²) in [4.78, 5) is 46.0. The van der Waals surface area contributed by atoms with Gasteiger partial charge in [0.2, 0.25) is 0 Å². The number of carbonyl (C=O) groups is 3. The van der Waals surface area contributed by atoms with E-state index in [9.17, 15) is 14.4 Å². The van der Waals surface area contributed by atoms with Crippen molar-refractivity contribution in [1.29, 1.82) is 0 Å². The van der Waals surface area contributed by atoms with Gasteiger partial charge in [-0.2, -0.15) is 0 Å². The Morgan fingerprint density at radius 3 is 2.52 bits per heavy atom. The van der Waals surface area contributed by atoms with Crippen molar-refractivity contribution in [3.05, 3.63) is 35.2 Å². The number of piperazine rings is 1. The molecule has 3 amide bonds. The molecule has 2 saturated heterocycles. The second-order valence-electron chi connectivity index (χ2n) is 8.56. The number of anilines is 1. The number of thiazole rings is 1. The van der Waals surface area contributed by atoms with Gasteiger partial charge < -0.3 is 19.6 Å². The van der Waals surface area contributed by atoms with Crippen LogP contribution in [0.2, 0.25) is 0 Å². The molecular formula is C21H24N4O5S. The van der Waals surface area contributed by atoms with Crippen LogP contribution in [0.4, 0.5) is 14.7 Å². The molecule has 1 aromatic heterocycles. The topological polar surface area (TPSA) is 103 Å². The molecule has 2 fully saturated rings. The number of rotatable bonds is 3. The minimum absolute atomic E-state index is 0.115. The third kappa shape index (κ3) is 4.34. The summed E-state index contributed by atoms with van der Waals surface area (Å²) in [7, 11) is 0. The number of nitrogens with zero attached hydrogens (tertiary/aromatic N) is 4. The van der Waals surface area contributed by atoms with Crippen molar-refractivity contribution in [2.45, 2.75) is 32.4 Å². The molecule has 0 bridgehead atoms. The molecule has 9 nitrogen and oxygen atoms in total. The maximum atomic E-state index is 12.9. The zero-order valence-corrected chi connectivity index (χ0v) is 18.4. The van der Waals surface area contributed by atoms with E-state index >= 15 is 0 Å². The van der Waals surface area contributed by atoms with Gasteiger partial charge in [-0.1, -0.05) is 12.1 Å². The van der Waals surface area contributed by atoms with E-state index in [-0.39, 0.29) is 23.7 Å². The van der Waals surface area contributed by atoms with Gasteiger partial charge in [-0.3, -0.25) is 4.90 Å². The Bertz CT molecular complexity index is 1010. The number of urea groups is 1. The van der Waals surface area contributed by atoms with E-state index in [1.807, 2.05) is 26.2 Å². The maximum Gasteiger partial charge on any atom is 0.410 e. The van der Waals surface area contributed by atoms with Gasteiger partial charge in [0.1, 0.15) is 5.60 Å². The average molecular weight is 445 g/mol. The molecule has 0 aliphatic carbocycles. The number of carboxylic acids is 1. The van der Waals surface area contributed by atoms with Gasteiger partial charge in [-0.05, 0) is 32.9 Å². The van der Waals surface area contributed by atoms with Crippen LogP contribution in [0.5, 0.6) is 0 Å². The van der Waals surface area contributed by atoms with Crippen molar-refractivity contribution in [1.82, 2.24) is 14.8 Å². The molecule has 2 aliphatic heterocycles. The summed E-state index contributed by atoms with van der Waals surface area (Å²) < 4.78 is 5.46. The number of aromatic nitrogens is 1. The SMILES string of the molecule is CC(C)(C)OC(=O)N1CCN2C(=O)N(c3nc(-c4ccc(C(=O)O)cc4)cs3)CC2C1. The van der Waals surface area contributed by atoms with Crippen LogP contribution in [-0.2, 0) is 4.74 Å². The zero-order chi connectivity index (χ0) is 22.3. The molecular weight excluding hydrogens is 420 g/mol. The zero-order valence-electron chi connectivity index (χ0n) is 17.6. The van der Waals surface area contributed by atoms with Crippen molar-refractivity contribution in [2.24, 2.45) is 0 Å². The summed E-state index contributed by atoms with van der Waals surface area (Å²) in [5.41, 5.74) is 1.12. The number of amides is 3. The van der Waals surface area contributed by atoms with Gasteiger partial charge in [-0.25, -0.2) is 19.4 Å². The number of hydrogen-bond acceptors (Lipinski definition) is 6. The molecule has 0 radical (unpaired) electrons. The highest BCUT2D eigenvalue weighted by atomic mass is 32.1. The molecule has 1 atom stereocenters. The van der Waals surface area contributed by atoms with Crippen LogP contribution >= 0.6 is 11.3 Å². The Balaban J connectivity index is 1.46. The minimum atomic E-state index is -0.981. The molecule has 2 aliphatic rings. The lowest BCUT2D eigenvalue weighted by Gasteiger charge is -2.36. The number of fused-ring (bicyclic) bond motifs is 1. The molecule has 31 heavy (non-hydrogen) atoms. The molecule has 1 N–H and O–H groups in total. The second-order valence-corrected chi connectivity index (χ2v) is 9.40. The average Bonchev–Trinajstić information content (AvgIpc) is 3.31. The normalized spacial score (nSPS) is 18.9. The summed E-state index contributed by atoms with van der Waals surface area (Å²) in [6.07, 6.45) is -0.362. The molecule has 10 heteroatoms. The van der Waals surface area contributed by atoms with Crippen LogP contribution in [0, 0.1) is 0 Å². The lowest BCUT2D eigenvalue weighted by molar-refractivity contribution is 0.0128. The lowest BCUT2D eigenvalue weighted by Crippen LogP contribution is -2.54. The van der Waals surface area contributed by atoms with Crippen LogP contribution in [0.1, 0.15) is 31.1 Å². The van der Waals surface area contributed by atoms with Crippen molar-refractivity contribution in [3.63, 3.8) is 0 Å². The van der Waals surface area contributed by atoms with Crippen LogP contribution in [0.15, 0.2) is 29.6 Å². The number of aromatic carboxylic acids is 1. The second kappa shape index (κ2) is 7.84. The fourth-order valence-corrected chi connectivity index (χ4v) is 4.50. The van der Waals surface area contributed by atoms with E-state index in [2.05, 4.69) is 4.98 Å². The smallest absolute Gasteiger partial charge is 0.410 e. The molecule has 164 valence electrons. The van der Waals surface area contributed by atoms with Crippen LogP contribution < -0.4 is 4.90 Å². The predicted molar refractivity (Wildman–Crippen MR) is 116 cm³/mol. The van der Waals surface area contributed by atoms with E-state index in [0.717, 1.165) is 5.56 Å². The van der Waals surface area contributed by atoms with Gasteiger partial charge in [0.05, 0.1) is 23.8 Å². The summed E-state index contributed by atoms with van der Waals surface area (Å²) in [6.45, 7) is 7.25. The summed E-state index contributed by atoms with van der Waals surface area (Å²) in [6, 6.07) is 6.24. The first-order chi connectivity index (χ1) is 14.6. The quantitative estimate of drug-likeness (QED) is 0.779. The van der Waals surface area contributed by atoms with E-state index in [1.165, 1.54) is 23.5 Å². The summed E-state index contributed by atoms with van der Waals surface area (Å²) >= 11 is 1.36. The highest BCUT2D eigenvalue weighted by Crippen LogP contribution is 2.32. The van der Waals surface area contributed by atoms with Gasteiger partial charge in [-0.15, -0.1) is 11.3 Å². The first-order valence-electron chi connectivity index (χ1n) is 9.98. The maximum absolute atomic E-state index is 12.9. The Morgan fingerprint density at radius 2 is 1.87 bits per heavy atom. The van der Waals surface area contributed by atoms with E-state index in [1.54, 1.807) is 26.8 Å². The molecule has 1 unspecified atom stereocenters. The predicted octanol–water partition coefficient (Wildman–Crippen LogP) is 3.37. The third-order valence-electron chi connectivity index (χ3n) is 5.15. The molecule has 1 aromatic carbocycles.